The molecule has 4 heterocycles. The zero-order chi connectivity index (χ0) is 70.9. The van der Waals surface area contributed by atoms with E-state index in [0.29, 0.717) is 0 Å². The van der Waals surface area contributed by atoms with Crippen molar-refractivity contribution in [3.63, 3.8) is 0 Å². The van der Waals surface area contributed by atoms with E-state index in [1.54, 1.807) is 0 Å². The van der Waals surface area contributed by atoms with Gasteiger partial charge in [0.25, 0.3) is 6.71 Å². The van der Waals surface area contributed by atoms with Gasteiger partial charge >= 0.3 is 0 Å². The zero-order valence-corrected chi connectivity index (χ0v) is 60.2. The summed E-state index contributed by atoms with van der Waals surface area (Å²) in [5, 5.41) is 0. The number of fused-ring (bicyclic) bond motifs is 8. The Morgan fingerprint density at radius 3 is 0.981 bits per heavy atom. The van der Waals surface area contributed by atoms with E-state index in [1.165, 1.54) is 93.1 Å². The summed E-state index contributed by atoms with van der Waals surface area (Å²) < 4.78 is 0. The van der Waals surface area contributed by atoms with Crippen molar-refractivity contribution in [1.29, 1.82) is 0 Å². The van der Waals surface area contributed by atoms with Gasteiger partial charge in [0.2, 0.25) is 6.71 Å². The molecule has 0 bridgehead atoms. The lowest BCUT2D eigenvalue weighted by Gasteiger charge is -2.47. The van der Waals surface area contributed by atoms with Crippen molar-refractivity contribution in [2.24, 2.45) is 0 Å². The highest BCUT2D eigenvalue weighted by molar-refractivity contribution is 8.00. The molecule has 0 unspecified atom stereocenters. The highest BCUT2D eigenvalue weighted by atomic mass is 32.2. The van der Waals surface area contributed by atoms with Gasteiger partial charge in [0.15, 0.2) is 0 Å². The van der Waals surface area contributed by atoms with Crippen LogP contribution in [0.1, 0.15) is 25.3 Å². The molecule has 20 rings (SSSR count). The summed E-state index contributed by atoms with van der Waals surface area (Å²) in [6.07, 6.45) is 3.03. The van der Waals surface area contributed by atoms with Crippen LogP contribution in [0.4, 0.5) is 68.2 Å². The molecule has 16 aromatic rings. The summed E-state index contributed by atoms with van der Waals surface area (Å²) in [5.41, 5.74) is 36.7. The van der Waals surface area contributed by atoms with Crippen LogP contribution in [0.2, 0.25) is 0 Å². The van der Waals surface area contributed by atoms with E-state index >= 15 is 0 Å². The van der Waals surface area contributed by atoms with Gasteiger partial charge in [-0.05, 0) is 146 Å². The molecule has 0 saturated carbocycles. The molecule has 7 heteroatoms. The molecule has 0 fully saturated rings. The molecular weight excluding hydrogens is 1310 g/mol. The average Bonchev–Trinajstić information content (AvgIpc) is 0.685. The van der Waals surface area contributed by atoms with Gasteiger partial charge in [0, 0.05) is 94.4 Å². The van der Waals surface area contributed by atoms with Crippen molar-refractivity contribution < 1.29 is 0 Å². The molecule has 107 heavy (non-hydrogen) atoms. The zero-order valence-electron chi connectivity index (χ0n) is 59.3. The number of unbranched alkanes of at least 4 members (excludes halogenated alkanes) is 1. The smallest absolute Gasteiger partial charge is 0.252 e. The second-order valence-electron chi connectivity index (χ2n) is 28.4. The molecule has 504 valence electrons. The predicted octanol–water partition coefficient (Wildman–Crippen LogP) is 23.3. The SMILES string of the molecule is CCCCc1cc2c3c(c1)N(c1c(-c4ccccc4)cccc1-c1ccccc1)c1cc4c(cc1B3c1ccccc1N2c1c(-c2ccccc2)cccc1-c1ccccc1)B1c2ccccc2N(c2c(-c3ccccc3)cccc2-c2ccccc2)c2cc(N(c3ccccc3)c3ccccc3)cc(c21)S4. The van der Waals surface area contributed by atoms with Crippen molar-refractivity contribution in [2.75, 3.05) is 19.6 Å². The molecule has 4 nitrogen and oxygen atoms in total. The first kappa shape index (κ1) is 63.9. The van der Waals surface area contributed by atoms with Gasteiger partial charge in [-0.2, -0.15) is 0 Å². The predicted molar refractivity (Wildman–Crippen MR) is 456 cm³/mol. The van der Waals surface area contributed by atoms with Gasteiger partial charge in [-0.15, -0.1) is 0 Å². The summed E-state index contributed by atoms with van der Waals surface area (Å²) in [4.78, 5) is 13.0. The molecular formula is C100H72B2N4S. The normalized spacial score (nSPS) is 12.7. The van der Waals surface area contributed by atoms with E-state index in [-0.39, 0.29) is 13.4 Å². The van der Waals surface area contributed by atoms with Crippen LogP contribution < -0.4 is 52.4 Å². The van der Waals surface area contributed by atoms with Crippen LogP contribution in [0.5, 0.6) is 0 Å². The van der Waals surface area contributed by atoms with Gasteiger partial charge in [0.1, 0.15) is 0 Å². The minimum Gasteiger partial charge on any atom is -0.310 e. The van der Waals surface area contributed by atoms with Crippen LogP contribution in [-0.2, 0) is 6.42 Å². The molecule has 0 aliphatic carbocycles. The molecule has 0 N–H and O–H groups in total. The van der Waals surface area contributed by atoms with Gasteiger partial charge < -0.3 is 19.6 Å². The molecule has 4 aliphatic heterocycles. The van der Waals surface area contributed by atoms with Crippen molar-refractivity contribution >= 4 is 126 Å². The van der Waals surface area contributed by atoms with E-state index < -0.39 is 0 Å². The number of para-hydroxylation sites is 7. The Balaban J connectivity index is 0.910. The van der Waals surface area contributed by atoms with Gasteiger partial charge in [-0.3, -0.25) is 0 Å². The Kier molecular flexibility index (Phi) is 16.1. The van der Waals surface area contributed by atoms with Crippen LogP contribution in [0.15, 0.2) is 392 Å². The molecule has 0 radical (unpaired) electrons. The minimum absolute atomic E-state index is 0.183. The third kappa shape index (κ3) is 10.9. The van der Waals surface area contributed by atoms with Crippen LogP contribution in [-0.4, -0.2) is 13.4 Å². The lowest BCUT2D eigenvalue weighted by atomic mass is 9.31. The fraction of sp³-hybridized carbons (Fsp3) is 0.0400. The first-order valence-electron chi connectivity index (χ1n) is 37.5. The van der Waals surface area contributed by atoms with E-state index in [9.17, 15) is 0 Å². The molecule has 0 amide bonds. The average molecular weight is 1380 g/mol. The van der Waals surface area contributed by atoms with Crippen LogP contribution in [0, 0.1) is 0 Å². The highest BCUT2D eigenvalue weighted by Crippen LogP contribution is 2.56. The Labute approximate surface area is 632 Å². The summed E-state index contributed by atoms with van der Waals surface area (Å²) in [6, 6.07) is 143. The van der Waals surface area contributed by atoms with E-state index in [4.69, 9.17) is 0 Å². The maximum atomic E-state index is 2.74. The molecule has 4 aliphatic rings. The topological polar surface area (TPSA) is 13.0 Å². The number of benzene rings is 16. The Bertz CT molecular complexity index is 5830. The number of aryl methyl sites for hydroxylation is 1. The fourth-order valence-electron chi connectivity index (χ4n) is 17.6. The number of hydrogen-bond donors (Lipinski definition) is 0. The van der Waals surface area contributed by atoms with Crippen LogP contribution in [0.3, 0.4) is 0 Å². The van der Waals surface area contributed by atoms with Gasteiger partial charge in [-0.25, -0.2) is 0 Å². The van der Waals surface area contributed by atoms with Gasteiger partial charge in [0.05, 0.1) is 17.1 Å². The molecule has 0 aromatic heterocycles. The fourth-order valence-corrected chi connectivity index (χ4v) is 18.8. The molecule has 0 spiro atoms. The maximum Gasteiger partial charge on any atom is 0.252 e. The Morgan fingerprint density at radius 1 is 0.262 bits per heavy atom. The largest absolute Gasteiger partial charge is 0.310 e. The third-order valence-electron chi connectivity index (χ3n) is 22.2. The second-order valence-corrected chi connectivity index (χ2v) is 29.5. The summed E-state index contributed by atoms with van der Waals surface area (Å²) in [5.74, 6) is 0. The standard InChI is InChI=1S/C100H72B2N4S/c1-2-3-35-68-62-91-96-92(63-68)106(100-82(73-44-20-8-21-45-73)56-34-57-83(100)74-46-22-9-23-47-74)90-67-94-87(66-86(90)101(96)84-58-28-30-60-88(84)104(91)98-78(69-36-12-4-13-37-69)52-32-53-79(98)70-38-14-5-15-39-70)102-85-59-29-31-61-89(85)105(99-80(71-40-16-6-17-41-71)54-33-55-81(99)72-42-18-7-19-43-72)93-64-77(65-95(107-94)97(93)102)103(75-48-24-10-25-49-75)76-50-26-11-27-51-76/h4-34,36-67H,2-3,35H2,1H3. The van der Waals surface area contributed by atoms with Crippen molar-refractivity contribution in [2.45, 2.75) is 36.0 Å². The van der Waals surface area contributed by atoms with Crippen LogP contribution >= 0.6 is 11.8 Å². The van der Waals surface area contributed by atoms with E-state index in [2.05, 4.69) is 409 Å². The van der Waals surface area contributed by atoms with Crippen molar-refractivity contribution in [3.8, 4) is 66.8 Å². The molecule has 16 aromatic carbocycles. The Morgan fingerprint density at radius 2 is 0.598 bits per heavy atom. The third-order valence-corrected chi connectivity index (χ3v) is 23.3. The van der Waals surface area contributed by atoms with E-state index in [1.807, 2.05) is 11.8 Å². The number of hydrogen-bond acceptors (Lipinski definition) is 5. The minimum atomic E-state index is -0.197. The first-order valence-corrected chi connectivity index (χ1v) is 38.3. The number of anilines is 12. The van der Waals surface area contributed by atoms with Crippen molar-refractivity contribution in [1.82, 2.24) is 0 Å². The lowest BCUT2D eigenvalue weighted by Crippen LogP contribution is -2.64. The molecule has 0 atom stereocenters. The van der Waals surface area contributed by atoms with E-state index in [0.717, 1.165) is 109 Å². The molecule has 0 saturated heterocycles. The first-order chi connectivity index (χ1) is 53.1. The van der Waals surface area contributed by atoms with Crippen LogP contribution in [0.25, 0.3) is 66.8 Å². The van der Waals surface area contributed by atoms with Gasteiger partial charge in [-0.1, -0.05) is 346 Å². The monoisotopic (exact) mass is 1380 g/mol. The Hall–Kier alpha value is -12.8. The highest BCUT2D eigenvalue weighted by Gasteiger charge is 2.49. The summed E-state index contributed by atoms with van der Waals surface area (Å²) in [7, 11) is 0. The summed E-state index contributed by atoms with van der Waals surface area (Å²) >= 11 is 1.93. The quantitative estimate of drug-likeness (QED) is 0.0946. The lowest BCUT2D eigenvalue weighted by molar-refractivity contribution is 0.795. The second kappa shape index (κ2) is 27.0. The number of rotatable bonds is 15. The summed E-state index contributed by atoms with van der Waals surface area (Å²) in [6.45, 7) is 1.95. The maximum absolute atomic E-state index is 2.74. The van der Waals surface area contributed by atoms with Crippen molar-refractivity contribution in [3.05, 3.63) is 388 Å². The number of nitrogens with zero attached hydrogens (tertiary/aromatic N) is 4.